The molecule has 0 fully saturated rings. The number of esters is 3. The average molecular weight is 350 g/mol. The van der Waals surface area contributed by atoms with Gasteiger partial charge in [-0.3, -0.25) is 14.4 Å². The number of hydrogen-bond donors (Lipinski definition) is 4. The molecule has 0 aromatic carbocycles. The van der Waals surface area contributed by atoms with Crippen molar-refractivity contribution in [1.29, 1.82) is 0 Å². The van der Waals surface area contributed by atoms with E-state index in [2.05, 4.69) is 9.47 Å². The number of unbranched alkanes of at least 4 members (excludes halogenated alkanes) is 1. The maximum atomic E-state index is 11.4. The first kappa shape index (κ1) is 22.0. The van der Waals surface area contributed by atoms with Crippen molar-refractivity contribution in [3.05, 3.63) is 0 Å². The Labute approximate surface area is 138 Å². The number of aliphatic hydroxyl groups is 3. The quantitative estimate of drug-likeness (QED) is 0.150. The number of carboxylic acid groups (broad SMARTS) is 1. The highest BCUT2D eigenvalue weighted by Crippen LogP contribution is 2.06. The average Bonchev–Trinajstić information content (AvgIpc) is 2.49. The van der Waals surface area contributed by atoms with E-state index in [9.17, 15) is 29.4 Å². The number of carbonyl (C=O) groups excluding carboxylic acids is 3. The monoisotopic (exact) mass is 350 g/mol. The summed E-state index contributed by atoms with van der Waals surface area (Å²) in [5.74, 6) is -4.35. The Bertz CT molecular complexity index is 433. The molecule has 2 atom stereocenters. The van der Waals surface area contributed by atoms with Gasteiger partial charge in [0.15, 0.2) is 6.10 Å². The third-order valence-electron chi connectivity index (χ3n) is 2.74. The SMILES string of the molecule is O=C(O)CCCCC(=O)OC(=O)C(O)CC(=O)OC(O)CCCO. The third kappa shape index (κ3) is 11.5. The lowest BCUT2D eigenvalue weighted by molar-refractivity contribution is -0.177. The second-order valence-electron chi connectivity index (χ2n) is 4.92. The van der Waals surface area contributed by atoms with Crippen molar-refractivity contribution < 1.29 is 49.1 Å². The van der Waals surface area contributed by atoms with Crippen molar-refractivity contribution in [2.24, 2.45) is 0 Å². The van der Waals surface area contributed by atoms with Crippen LogP contribution in [0.3, 0.4) is 0 Å². The Morgan fingerprint density at radius 3 is 2.12 bits per heavy atom. The molecule has 0 aliphatic carbocycles. The van der Waals surface area contributed by atoms with Crippen LogP contribution in [0.2, 0.25) is 0 Å². The zero-order valence-corrected chi connectivity index (χ0v) is 13.0. The van der Waals surface area contributed by atoms with Gasteiger partial charge in [0.1, 0.15) is 0 Å². The van der Waals surface area contributed by atoms with Gasteiger partial charge in [-0.05, 0) is 19.3 Å². The fourth-order valence-corrected chi connectivity index (χ4v) is 1.54. The van der Waals surface area contributed by atoms with Crippen LogP contribution in [0.25, 0.3) is 0 Å². The molecule has 0 bridgehead atoms. The number of rotatable bonds is 12. The Kier molecular flexibility index (Phi) is 11.3. The molecule has 2 unspecified atom stereocenters. The summed E-state index contributed by atoms with van der Waals surface area (Å²) in [5, 5.41) is 35.7. The Morgan fingerprint density at radius 1 is 0.917 bits per heavy atom. The lowest BCUT2D eigenvalue weighted by Crippen LogP contribution is -2.30. The molecule has 0 heterocycles. The summed E-state index contributed by atoms with van der Waals surface area (Å²) < 4.78 is 8.79. The number of aliphatic carboxylic acids is 1. The first-order chi connectivity index (χ1) is 11.3. The minimum absolute atomic E-state index is 0.00237. The zero-order valence-electron chi connectivity index (χ0n) is 13.0. The van der Waals surface area contributed by atoms with E-state index in [1.165, 1.54) is 0 Å². The molecule has 0 spiro atoms. The van der Waals surface area contributed by atoms with Gasteiger partial charge in [0.2, 0.25) is 6.29 Å². The summed E-state index contributed by atoms with van der Waals surface area (Å²) >= 11 is 0. The van der Waals surface area contributed by atoms with Gasteiger partial charge in [0.05, 0.1) is 6.42 Å². The van der Waals surface area contributed by atoms with Gasteiger partial charge in [-0.25, -0.2) is 4.79 Å². The second-order valence-corrected chi connectivity index (χ2v) is 4.92. The van der Waals surface area contributed by atoms with Crippen molar-refractivity contribution in [3.8, 4) is 0 Å². The summed E-state index contributed by atoms with van der Waals surface area (Å²) in [7, 11) is 0. The molecular formula is C14H22O10. The van der Waals surface area contributed by atoms with E-state index in [-0.39, 0.29) is 45.1 Å². The Morgan fingerprint density at radius 2 is 1.54 bits per heavy atom. The van der Waals surface area contributed by atoms with Gasteiger partial charge < -0.3 is 29.9 Å². The van der Waals surface area contributed by atoms with Crippen LogP contribution in [0.15, 0.2) is 0 Å². The Hall–Kier alpha value is -2.04. The number of carboxylic acids is 1. The van der Waals surface area contributed by atoms with Crippen LogP contribution in [-0.2, 0) is 28.7 Å². The lowest BCUT2D eigenvalue weighted by atomic mass is 10.2. The maximum Gasteiger partial charge on any atom is 0.343 e. The van der Waals surface area contributed by atoms with Crippen molar-refractivity contribution >= 4 is 23.9 Å². The summed E-state index contributed by atoms with van der Waals surface area (Å²) in [5.41, 5.74) is 0. The summed E-state index contributed by atoms with van der Waals surface area (Å²) in [6, 6.07) is 0. The van der Waals surface area contributed by atoms with E-state index < -0.39 is 42.7 Å². The topological polar surface area (TPSA) is 168 Å². The fraction of sp³-hybridized carbons (Fsp3) is 0.714. The van der Waals surface area contributed by atoms with Crippen LogP contribution in [0.5, 0.6) is 0 Å². The van der Waals surface area contributed by atoms with Crippen LogP contribution in [-0.4, -0.2) is 63.3 Å². The van der Waals surface area contributed by atoms with Crippen LogP contribution in [0.4, 0.5) is 0 Å². The molecule has 0 saturated carbocycles. The second kappa shape index (κ2) is 12.4. The molecule has 0 aliphatic rings. The van der Waals surface area contributed by atoms with Crippen LogP contribution >= 0.6 is 0 Å². The zero-order chi connectivity index (χ0) is 18.5. The maximum absolute atomic E-state index is 11.4. The third-order valence-corrected chi connectivity index (χ3v) is 2.74. The highest BCUT2D eigenvalue weighted by atomic mass is 16.6. The van der Waals surface area contributed by atoms with Crippen molar-refractivity contribution in [2.45, 2.75) is 57.3 Å². The van der Waals surface area contributed by atoms with E-state index in [1.54, 1.807) is 0 Å². The number of aliphatic hydroxyl groups excluding tert-OH is 3. The number of hydrogen-bond acceptors (Lipinski definition) is 9. The minimum atomic E-state index is -1.93. The van der Waals surface area contributed by atoms with E-state index in [0.717, 1.165) is 0 Å². The van der Waals surface area contributed by atoms with Gasteiger partial charge in [-0.1, -0.05) is 0 Å². The van der Waals surface area contributed by atoms with Gasteiger partial charge in [-0.15, -0.1) is 0 Å². The van der Waals surface area contributed by atoms with Crippen molar-refractivity contribution in [1.82, 2.24) is 0 Å². The molecular weight excluding hydrogens is 328 g/mol. The van der Waals surface area contributed by atoms with E-state index in [0.29, 0.717) is 0 Å². The van der Waals surface area contributed by atoms with E-state index in [1.807, 2.05) is 0 Å². The standard InChI is InChI=1S/C14H22O10/c15-7-3-6-11(19)23-13(21)8-9(16)14(22)24-12(20)5-2-1-4-10(17)18/h9,11,15-16,19H,1-8H2,(H,17,18). The molecule has 24 heavy (non-hydrogen) atoms. The lowest BCUT2D eigenvalue weighted by Gasteiger charge is -2.13. The summed E-state index contributed by atoms with van der Waals surface area (Å²) in [6.07, 6.45) is -3.87. The number of carbonyl (C=O) groups is 4. The molecule has 0 aromatic heterocycles. The molecule has 10 nitrogen and oxygen atoms in total. The molecule has 10 heteroatoms. The van der Waals surface area contributed by atoms with Crippen LogP contribution < -0.4 is 0 Å². The summed E-state index contributed by atoms with van der Waals surface area (Å²) in [6.45, 7) is -0.196. The first-order valence-corrected chi connectivity index (χ1v) is 7.39. The van der Waals surface area contributed by atoms with Gasteiger partial charge in [0, 0.05) is 25.9 Å². The minimum Gasteiger partial charge on any atom is -0.481 e. The van der Waals surface area contributed by atoms with Crippen molar-refractivity contribution in [3.63, 3.8) is 0 Å². The molecule has 0 amide bonds. The van der Waals surface area contributed by atoms with Crippen LogP contribution in [0, 0.1) is 0 Å². The summed E-state index contributed by atoms with van der Waals surface area (Å²) in [4.78, 5) is 44.3. The molecule has 0 rings (SSSR count). The van der Waals surface area contributed by atoms with Gasteiger partial charge in [0.25, 0.3) is 0 Å². The predicted molar refractivity (Wildman–Crippen MR) is 76.2 cm³/mol. The smallest absolute Gasteiger partial charge is 0.343 e. The fourth-order valence-electron chi connectivity index (χ4n) is 1.54. The highest BCUT2D eigenvalue weighted by Gasteiger charge is 2.25. The van der Waals surface area contributed by atoms with Gasteiger partial charge in [-0.2, -0.15) is 0 Å². The van der Waals surface area contributed by atoms with E-state index in [4.69, 9.17) is 10.2 Å². The Balaban J connectivity index is 4.02. The number of ether oxygens (including phenoxy) is 2. The molecule has 0 radical (unpaired) electrons. The predicted octanol–water partition coefficient (Wildman–Crippen LogP) is -0.914. The van der Waals surface area contributed by atoms with E-state index >= 15 is 0 Å². The van der Waals surface area contributed by atoms with Gasteiger partial charge >= 0.3 is 23.9 Å². The molecule has 0 saturated heterocycles. The molecule has 0 aromatic rings. The molecule has 0 aliphatic heterocycles. The normalized spacial score (nSPS) is 13.0. The van der Waals surface area contributed by atoms with Crippen molar-refractivity contribution in [2.75, 3.05) is 6.61 Å². The first-order valence-electron chi connectivity index (χ1n) is 7.39. The molecule has 4 N–H and O–H groups in total. The highest BCUT2D eigenvalue weighted by molar-refractivity contribution is 5.90. The molecule has 138 valence electrons. The largest absolute Gasteiger partial charge is 0.481 e. The van der Waals surface area contributed by atoms with Crippen LogP contribution in [0.1, 0.15) is 44.9 Å².